The Morgan fingerprint density at radius 1 is 1.33 bits per heavy atom. The van der Waals surface area contributed by atoms with Gasteiger partial charge in [0.1, 0.15) is 17.2 Å². The number of nitrogens with one attached hydrogen (secondary N) is 1. The van der Waals surface area contributed by atoms with Gasteiger partial charge in [0, 0.05) is 12.0 Å². The van der Waals surface area contributed by atoms with E-state index in [-0.39, 0.29) is 5.82 Å². The van der Waals surface area contributed by atoms with Gasteiger partial charge in [0.15, 0.2) is 5.76 Å². The van der Waals surface area contributed by atoms with Crippen molar-refractivity contribution >= 4 is 5.69 Å². The van der Waals surface area contributed by atoms with Gasteiger partial charge in [-0.15, -0.1) is 0 Å². The molecule has 0 spiro atoms. The summed E-state index contributed by atoms with van der Waals surface area (Å²) in [5.41, 5.74) is 3.17. The molecule has 4 heteroatoms. The number of nitrogens with zero attached hydrogens (tertiary/aromatic N) is 1. The Kier molecular flexibility index (Phi) is 3.95. The molecule has 1 saturated carbocycles. The number of benzene rings is 1. The summed E-state index contributed by atoms with van der Waals surface area (Å²) >= 11 is 0. The van der Waals surface area contributed by atoms with Crippen LogP contribution in [0.25, 0.3) is 0 Å². The smallest absolute Gasteiger partial charge is 0.163 e. The van der Waals surface area contributed by atoms with Crippen LogP contribution in [-0.2, 0) is 6.42 Å². The number of aryl methyl sites for hydroxylation is 2. The summed E-state index contributed by atoms with van der Waals surface area (Å²) in [5.74, 6) is 1.39. The quantitative estimate of drug-likeness (QED) is 0.854. The molecular formula is C17H21FN2O. The monoisotopic (exact) mass is 288 g/mol. The molecule has 0 saturated heterocycles. The van der Waals surface area contributed by atoms with E-state index >= 15 is 0 Å². The van der Waals surface area contributed by atoms with Crippen molar-refractivity contribution in [1.82, 2.24) is 5.16 Å². The Morgan fingerprint density at radius 3 is 2.71 bits per heavy atom. The van der Waals surface area contributed by atoms with Crippen LogP contribution in [-0.4, -0.2) is 11.2 Å². The average Bonchev–Trinajstić information content (AvgIpc) is 3.25. The first kappa shape index (κ1) is 14.1. The summed E-state index contributed by atoms with van der Waals surface area (Å²) < 4.78 is 18.3. The second kappa shape index (κ2) is 5.88. The molecule has 1 aromatic heterocycles. The molecule has 112 valence electrons. The van der Waals surface area contributed by atoms with Crippen LogP contribution >= 0.6 is 0 Å². The van der Waals surface area contributed by atoms with Crippen LogP contribution in [0.5, 0.6) is 0 Å². The summed E-state index contributed by atoms with van der Waals surface area (Å²) in [6, 6.07) is 7.06. The average molecular weight is 288 g/mol. The zero-order valence-electron chi connectivity index (χ0n) is 12.5. The molecule has 1 heterocycles. The highest BCUT2D eigenvalue weighted by molar-refractivity contribution is 5.53. The van der Waals surface area contributed by atoms with Crippen LogP contribution in [0.1, 0.15) is 49.1 Å². The van der Waals surface area contributed by atoms with Crippen molar-refractivity contribution in [3.05, 3.63) is 47.1 Å². The minimum absolute atomic E-state index is 0.181. The molecule has 0 aliphatic heterocycles. The SMILES string of the molecule is Cc1noc(C2CC2)c1NC(C)CCc1ccc(F)cc1. The van der Waals surface area contributed by atoms with E-state index in [1.165, 1.54) is 25.0 Å². The third-order valence-corrected chi connectivity index (χ3v) is 4.01. The minimum Gasteiger partial charge on any atom is -0.378 e. The maximum absolute atomic E-state index is 12.9. The molecule has 1 N–H and O–H groups in total. The fourth-order valence-electron chi connectivity index (χ4n) is 2.54. The van der Waals surface area contributed by atoms with Crippen molar-refractivity contribution in [2.75, 3.05) is 5.32 Å². The van der Waals surface area contributed by atoms with E-state index in [1.807, 2.05) is 19.1 Å². The number of rotatable bonds is 6. The van der Waals surface area contributed by atoms with E-state index in [0.717, 1.165) is 35.5 Å². The number of hydrogen-bond donors (Lipinski definition) is 1. The highest BCUT2D eigenvalue weighted by Crippen LogP contribution is 2.44. The van der Waals surface area contributed by atoms with Gasteiger partial charge >= 0.3 is 0 Å². The zero-order valence-corrected chi connectivity index (χ0v) is 12.5. The highest BCUT2D eigenvalue weighted by Gasteiger charge is 2.31. The van der Waals surface area contributed by atoms with Crippen molar-refractivity contribution < 1.29 is 8.91 Å². The Morgan fingerprint density at radius 2 is 2.05 bits per heavy atom. The third-order valence-electron chi connectivity index (χ3n) is 4.01. The van der Waals surface area contributed by atoms with Gasteiger partial charge in [-0.05, 0) is 57.2 Å². The van der Waals surface area contributed by atoms with Crippen LogP contribution in [0, 0.1) is 12.7 Å². The predicted molar refractivity (Wildman–Crippen MR) is 81.0 cm³/mol. The number of halogens is 1. The number of anilines is 1. The van der Waals surface area contributed by atoms with Gasteiger partial charge in [-0.2, -0.15) is 0 Å². The zero-order chi connectivity index (χ0) is 14.8. The van der Waals surface area contributed by atoms with Crippen LogP contribution < -0.4 is 5.32 Å². The lowest BCUT2D eigenvalue weighted by Crippen LogP contribution is -2.17. The fourth-order valence-corrected chi connectivity index (χ4v) is 2.54. The standard InChI is InChI=1S/C17H21FN2O/c1-11(3-4-13-5-9-15(18)10-6-13)19-16-12(2)20-21-17(16)14-7-8-14/h5-6,9-11,14,19H,3-4,7-8H2,1-2H3. The molecule has 1 aliphatic rings. The lowest BCUT2D eigenvalue weighted by atomic mass is 10.1. The summed E-state index contributed by atoms with van der Waals surface area (Å²) in [6.07, 6.45) is 4.32. The third kappa shape index (κ3) is 3.43. The first-order valence-electron chi connectivity index (χ1n) is 7.60. The molecular weight excluding hydrogens is 267 g/mol. The molecule has 0 bridgehead atoms. The van der Waals surface area contributed by atoms with Crippen molar-refractivity contribution in [2.24, 2.45) is 0 Å². The van der Waals surface area contributed by atoms with Crippen molar-refractivity contribution in [3.63, 3.8) is 0 Å². The second-order valence-corrected chi connectivity index (χ2v) is 5.99. The predicted octanol–water partition coefficient (Wildman–Crippen LogP) is 4.43. The molecule has 1 unspecified atom stereocenters. The minimum atomic E-state index is -0.181. The second-order valence-electron chi connectivity index (χ2n) is 5.99. The van der Waals surface area contributed by atoms with Gasteiger partial charge in [-0.25, -0.2) is 4.39 Å². The maximum atomic E-state index is 12.9. The van der Waals surface area contributed by atoms with E-state index in [9.17, 15) is 4.39 Å². The molecule has 2 aromatic rings. The molecule has 21 heavy (non-hydrogen) atoms. The molecule has 3 nitrogen and oxygen atoms in total. The lowest BCUT2D eigenvalue weighted by Gasteiger charge is -2.15. The molecule has 1 atom stereocenters. The highest BCUT2D eigenvalue weighted by atomic mass is 19.1. The summed E-state index contributed by atoms with van der Waals surface area (Å²) in [7, 11) is 0. The van der Waals surface area contributed by atoms with E-state index in [2.05, 4.69) is 17.4 Å². The van der Waals surface area contributed by atoms with Crippen LogP contribution in [0.4, 0.5) is 10.1 Å². The van der Waals surface area contributed by atoms with Crippen molar-refractivity contribution in [2.45, 2.75) is 51.5 Å². The molecule has 1 aromatic carbocycles. The maximum Gasteiger partial charge on any atom is 0.163 e. The molecule has 0 radical (unpaired) electrons. The topological polar surface area (TPSA) is 38.1 Å². The normalized spacial score (nSPS) is 16.0. The van der Waals surface area contributed by atoms with Crippen LogP contribution in [0.15, 0.2) is 28.8 Å². The number of hydrogen-bond acceptors (Lipinski definition) is 3. The first-order valence-corrected chi connectivity index (χ1v) is 7.60. The van der Waals surface area contributed by atoms with Crippen molar-refractivity contribution in [1.29, 1.82) is 0 Å². The Bertz CT molecular complexity index is 602. The Hall–Kier alpha value is -1.84. The largest absolute Gasteiger partial charge is 0.378 e. The van der Waals surface area contributed by atoms with E-state index < -0.39 is 0 Å². The van der Waals surface area contributed by atoms with Gasteiger partial charge in [0.05, 0.1) is 0 Å². The first-order chi connectivity index (χ1) is 10.1. The van der Waals surface area contributed by atoms with Gasteiger partial charge in [0.2, 0.25) is 0 Å². The lowest BCUT2D eigenvalue weighted by molar-refractivity contribution is 0.381. The van der Waals surface area contributed by atoms with Gasteiger partial charge in [-0.3, -0.25) is 0 Å². The van der Waals surface area contributed by atoms with Crippen molar-refractivity contribution in [3.8, 4) is 0 Å². The van der Waals surface area contributed by atoms with Gasteiger partial charge in [0.25, 0.3) is 0 Å². The Labute approximate surface area is 124 Å². The van der Waals surface area contributed by atoms with Gasteiger partial charge < -0.3 is 9.84 Å². The van der Waals surface area contributed by atoms with Crippen LogP contribution in [0.2, 0.25) is 0 Å². The molecule has 1 fully saturated rings. The number of aromatic nitrogens is 1. The summed E-state index contributed by atoms with van der Waals surface area (Å²) in [4.78, 5) is 0. The Balaban J connectivity index is 1.57. The van der Waals surface area contributed by atoms with E-state index in [1.54, 1.807) is 0 Å². The molecule has 3 rings (SSSR count). The molecule has 0 amide bonds. The van der Waals surface area contributed by atoms with Gasteiger partial charge in [-0.1, -0.05) is 17.3 Å². The summed E-state index contributed by atoms with van der Waals surface area (Å²) in [5, 5.41) is 7.61. The summed E-state index contributed by atoms with van der Waals surface area (Å²) in [6.45, 7) is 4.14. The van der Waals surface area contributed by atoms with E-state index in [0.29, 0.717) is 12.0 Å². The fraction of sp³-hybridized carbons (Fsp3) is 0.471. The van der Waals surface area contributed by atoms with Crippen LogP contribution in [0.3, 0.4) is 0 Å². The molecule has 1 aliphatic carbocycles. The van der Waals surface area contributed by atoms with E-state index in [4.69, 9.17) is 4.52 Å².